The summed E-state index contributed by atoms with van der Waals surface area (Å²) in [5.74, 6) is 1.11. The Bertz CT molecular complexity index is 1060. The number of nitrogens with zero attached hydrogens (tertiary/aromatic N) is 3. The first-order chi connectivity index (χ1) is 14.6. The van der Waals surface area contributed by atoms with Crippen molar-refractivity contribution in [1.82, 2.24) is 9.88 Å². The second-order valence-corrected chi connectivity index (χ2v) is 9.50. The fraction of sp³-hybridized carbons (Fsp3) is 0.391. The summed E-state index contributed by atoms with van der Waals surface area (Å²) in [4.78, 5) is 22.2. The predicted molar refractivity (Wildman–Crippen MR) is 128 cm³/mol. The number of methoxy groups -OCH3 is 1. The van der Waals surface area contributed by atoms with Gasteiger partial charge in [-0.15, -0.1) is 0 Å². The van der Waals surface area contributed by atoms with E-state index >= 15 is 0 Å². The van der Waals surface area contributed by atoms with Crippen LogP contribution in [0.25, 0.3) is 10.2 Å². The van der Waals surface area contributed by atoms with E-state index in [0.717, 1.165) is 15.8 Å². The van der Waals surface area contributed by atoms with Gasteiger partial charge in [-0.3, -0.25) is 9.69 Å². The molecule has 1 heterocycles. The maximum absolute atomic E-state index is 13.7. The molecule has 2 aromatic carbocycles. The van der Waals surface area contributed by atoms with Gasteiger partial charge in [0, 0.05) is 18.1 Å². The smallest absolute Gasteiger partial charge is 0.272 e. The number of hydrogen-bond acceptors (Lipinski definition) is 6. The number of anilines is 1. The lowest BCUT2D eigenvalue weighted by Crippen LogP contribution is -2.50. The van der Waals surface area contributed by atoms with Crippen LogP contribution < -0.4 is 14.4 Å². The van der Waals surface area contributed by atoms with E-state index in [9.17, 15) is 4.79 Å². The van der Waals surface area contributed by atoms with Crippen LogP contribution in [0.4, 0.5) is 5.13 Å². The molecule has 31 heavy (non-hydrogen) atoms. The molecule has 0 saturated heterocycles. The van der Waals surface area contributed by atoms with E-state index in [-0.39, 0.29) is 5.91 Å². The maximum atomic E-state index is 13.7. The monoisotopic (exact) mass is 461 g/mol. The molecule has 166 valence electrons. The summed E-state index contributed by atoms with van der Waals surface area (Å²) in [6.07, 6.45) is 0. The number of halogens is 1. The Hall–Kier alpha value is -2.35. The Morgan fingerprint density at radius 2 is 1.81 bits per heavy atom. The third-order valence-corrected chi connectivity index (χ3v) is 6.33. The SMILES string of the molecule is COc1ccc(C)c2sc(N(CCN(C)C)C(=O)C(C)(C)Oc3ccc(Cl)cc3)nc12. The van der Waals surface area contributed by atoms with Gasteiger partial charge in [0.05, 0.1) is 11.8 Å². The molecule has 0 spiro atoms. The first-order valence-corrected chi connectivity index (χ1v) is 11.2. The first kappa shape index (κ1) is 23.3. The van der Waals surface area contributed by atoms with Gasteiger partial charge in [-0.1, -0.05) is 29.0 Å². The highest BCUT2D eigenvalue weighted by atomic mass is 35.5. The highest BCUT2D eigenvalue weighted by Gasteiger charge is 2.36. The Morgan fingerprint density at radius 3 is 2.42 bits per heavy atom. The number of thiazole rings is 1. The Labute approximate surface area is 192 Å². The summed E-state index contributed by atoms with van der Waals surface area (Å²) in [6, 6.07) is 10.9. The van der Waals surface area contributed by atoms with Gasteiger partial charge in [-0.25, -0.2) is 4.98 Å². The third-order valence-electron chi connectivity index (χ3n) is 4.86. The van der Waals surface area contributed by atoms with Crippen LogP contribution in [0.2, 0.25) is 5.02 Å². The normalized spacial score (nSPS) is 11.7. The number of aryl methyl sites for hydroxylation is 1. The molecule has 1 aromatic heterocycles. The zero-order chi connectivity index (χ0) is 22.8. The third kappa shape index (κ3) is 5.29. The molecule has 0 atom stereocenters. The van der Waals surface area contributed by atoms with E-state index in [4.69, 9.17) is 26.1 Å². The van der Waals surface area contributed by atoms with Crippen molar-refractivity contribution in [3.8, 4) is 11.5 Å². The average molecular weight is 462 g/mol. The summed E-state index contributed by atoms with van der Waals surface area (Å²) in [6.45, 7) is 6.75. The molecule has 1 amide bonds. The van der Waals surface area contributed by atoms with Crippen molar-refractivity contribution in [3.05, 3.63) is 47.0 Å². The van der Waals surface area contributed by atoms with E-state index in [1.165, 1.54) is 11.3 Å². The van der Waals surface area contributed by atoms with E-state index in [1.54, 1.807) is 50.1 Å². The Kier molecular flexibility index (Phi) is 7.09. The number of ether oxygens (including phenoxy) is 2. The largest absolute Gasteiger partial charge is 0.494 e. The van der Waals surface area contributed by atoms with Gasteiger partial charge in [0.25, 0.3) is 5.91 Å². The van der Waals surface area contributed by atoms with Crippen LogP contribution in [0, 0.1) is 6.92 Å². The molecule has 0 N–H and O–H groups in total. The van der Waals surface area contributed by atoms with Crippen LogP contribution in [0.5, 0.6) is 11.5 Å². The number of carbonyl (C=O) groups excluding carboxylic acids is 1. The molecule has 3 aromatic rings. The van der Waals surface area contributed by atoms with Crippen molar-refractivity contribution in [2.24, 2.45) is 0 Å². The van der Waals surface area contributed by atoms with Crippen LogP contribution in [0.15, 0.2) is 36.4 Å². The van der Waals surface area contributed by atoms with Crippen LogP contribution >= 0.6 is 22.9 Å². The fourth-order valence-electron chi connectivity index (χ4n) is 3.13. The number of carbonyl (C=O) groups is 1. The summed E-state index contributed by atoms with van der Waals surface area (Å²) in [5, 5.41) is 1.24. The summed E-state index contributed by atoms with van der Waals surface area (Å²) in [7, 11) is 5.58. The van der Waals surface area contributed by atoms with Gasteiger partial charge in [-0.05, 0) is 70.8 Å². The minimum absolute atomic E-state index is 0.167. The van der Waals surface area contributed by atoms with Crippen molar-refractivity contribution >= 4 is 44.2 Å². The van der Waals surface area contributed by atoms with Gasteiger partial charge in [0.15, 0.2) is 10.7 Å². The number of aromatic nitrogens is 1. The number of amides is 1. The van der Waals surface area contributed by atoms with Gasteiger partial charge in [-0.2, -0.15) is 0 Å². The van der Waals surface area contributed by atoms with E-state index in [0.29, 0.717) is 34.7 Å². The lowest BCUT2D eigenvalue weighted by molar-refractivity contribution is -0.131. The van der Waals surface area contributed by atoms with Crippen molar-refractivity contribution in [3.63, 3.8) is 0 Å². The van der Waals surface area contributed by atoms with Crippen LogP contribution in [0.3, 0.4) is 0 Å². The van der Waals surface area contributed by atoms with Crippen LogP contribution in [-0.4, -0.2) is 55.7 Å². The molecule has 0 aliphatic carbocycles. The molecule has 0 radical (unpaired) electrons. The van der Waals surface area contributed by atoms with Gasteiger partial charge >= 0.3 is 0 Å². The molecule has 0 bridgehead atoms. The highest BCUT2D eigenvalue weighted by molar-refractivity contribution is 7.22. The molecule has 0 unspecified atom stereocenters. The lowest BCUT2D eigenvalue weighted by atomic mass is 10.1. The highest BCUT2D eigenvalue weighted by Crippen LogP contribution is 2.37. The standard InChI is InChI=1S/C23H28ClN3O3S/c1-15-7-12-18(29-6)19-20(15)31-22(25-19)27(14-13-26(4)5)21(28)23(2,3)30-17-10-8-16(24)9-11-17/h7-12H,13-14H2,1-6H3. The molecule has 8 heteroatoms. The zero-order valence-corrected chi connectivity index (χ0v) is 20.3. The van der Waals surface area contributed by atoms with Crippen LogP contribution in [-0.2, 0) is 4.79 Å². The van der Waals surface area contributed by atoms with Crippen molar-refractivity contribution in [2.45, 2.75) is 26.4 Å². The number of hydrogen-bond donors (Lipinski definition) is 0. The summed E-state index contributed by atoms with van der Waals surface area (Å²) in [5.41, 5.74) is 0.759. The first-order valence-electron chi connectivity index (χ1n) is 9.98. The molecule has 3 rings (SSSR count). The second-order valence-electron chi connectivity index (χ2n) is 8.09. The number of fused-ring (bicyclic) bond motifs is 1. The van der Waals surface area contributed by atoms with Gasteiger partial charge < -0.3 is 14.4 Å². The molecule has 6 nitrogen and oxygen atoms in total. The van der Waals surface area contributed by atoms with Gasteiger partial charge in [0.1, 0.15) is 17.0 Å². The minimum atomic E-state index is -1.10. The summed E-state index contributed by atoms with van der Waals surface area (Å²) >= 11 is 7.46. The van der Waals surface area contributed by atoms with Crippen molar-refractivity contribution in [1.29, 1.82) is 0 Å². The second kappa shape index (κ2) is 9.42. The lowest BCUT2D eigenvalue weighted by Gasteiger charge is -2.31. The predicted octanol–water partition coefficient (Wildman–Crippen LogP) is 5.02. The Morgan fingerprint density at radius 1 is 1.13 bits per heavy atom. The minimum Gasteiger partial charge on any atom is -0.494 e. The molecule has 0 saturated carbocycles. The maximum Gasteiger partial charge on any atom is 0.272 e. The van der Waals surface area contributed by atoms with E-state index in [2.05, 4.69) is 0 Å². The van der Waals surface area contributed by atoms with E-state index in [1.807, 2.05) is 38.1 Å². The molecule has 0 aliphatic heterocycles. The molecule has 0 fully saturated rings. The van der Waals surface area contributed by atoms with Crippen molar-refractivity contribution in [2.75, 3.05) is 39.2 Å². The van der Waals surface area contributed by atoms with Gasteiger partial charge in [0.2, 0.25) is 0 Å². The van der Waals surface area contributed by atoms with Crippen molar-refractivity contribution < 1.29 is 14.3 Å². The number of likely N-dealkylation sites (N-methyl/N-ethyl adjacent to an activating group) is 1. The molecular formula is C23H28ClN3O3S. The average Bonchev–Trinajstić information content (AvgIpc) is 3.16. The quantitative estimate of drug-likeness (QED) is 0.471. The van der Waals surface area contributed by atoms with Crippen LogP contribution in [0.1, 0.15) is 19.4 Å². The zero-order valence-electron chi connectivity index (χ0n) is 18.7. The molecule has 0 aliphatic rings. The fourth-order valence-corrected chi connectivity index (χ4v) is 4.33. The summed E-state index contributed by atoms with van der Waals surface area (Å²) < 4.78 is 12.6. The number of benzene rings is 2. The van der Waals surface area contributed by atoms with E-state index < -0.39 is 5.60 Å². The number of rotatable bonds is 8. The Balaban J connectivity index is 1.98. The topological polar surface area (TPSA) is 54.9 Å². The molecular weight excluding hydrogens is 434 g/mol.